The van der Waals surface area contributed by atoms with Crippen molar-refractivity contribution in [3.8, 4) is 0 Å². The van der Waals surface area contributed by atoms with E-state index in [1.165, 1.54) is 10.9 Å². The highest BCUT2D eigenvalue weighted by molar-refractivity contribution is 5.81. The minimum atomic E-state index is -1.04. The molecular formula is C17H22N6O4. The number of rotatable bonds is 7. The molecule has 1 aliphatic rings. The molecule has 0 aliphatic carbocycles. The zero-order valence-electron chi connectivity index (χ0n) is 14.5. The summed E-state index contributed by atoms with van der Waals surface area (Å²) in [5.74, 6) is -0.243. The maximum atomic E-state index is 11.8. The number of hydrogen-bond acceptors (Lipinski definition) is 8. The van der Waals surface area contributed by atoms with Crippen LogP contribution in [0.25, 0.3) is 0 Å². The van der Waals surface area contributed by atoms with Crippen LogP contribution in [0.3, 0.4) is 0 Å². The van der Waals surface area contributed by atoms with Crippen LogP contribution in [0, 0.1) is 0 Å². The van der Waals surface area contributed by atoms with Crippen LogP contribution >= 0.6 is 0 Å². The van der Waals surface area contributed by atoms with E-state index in [2.05, 4.69) is 26.2 Å². The summed E-state index contributed by atoms with van der Waals surface area (Å²) < 4.78 is 1.49. The maximum Gasteiger partial charge on any atom is 0.244 e. The number of amides is 1. The number of benzene rings is 1. The third-order valence-corrected chi connectivity index (χ3v) is 4.33. The first kappa shape index (κ1) is 19.1. The lowest BCUT2D eigenvalue weighted by Gasteiger charge is -2.14. The number of nitrogens with zero attached hydrogens (tertiary/aromatic N) is 4. The fraction of sp³-hybridized carbons (Fsp3) is 0.412. The summed E-state index contributed by atoms with van der Waals surface area (Å²) in [6, 6.07) is 8.29. The van der Waals surface area contributed by atoms with Crippen molar-refractivity contribution < 1.29 is 20.1 Å². The Balaban J connectivity index is 1.49. The Morgan fingerprint density at radius 1 is 1.26 bits per heavy atom. The van der Waals surface area contributed by atoms with Gasteiger partial charge in [-0.05, 0) is 5.56 Å². The van der Waals surface area contributed by atoms with E-state index >= 15 is 0 Å². The highest BCUT2D eigenvalue weighted by Gasteiger charge is 2.40. The third kappa shape index (κ3) is 4.95. The van der Waals surface area contributed by atoms with Crippen molar-refractivity contribution in [2.45, 2.75) is 37.3 Å². The molecule has 0 unspecified atom stereocenters. The Bertz CT molecular complexity index is 781. The van der Waals surface area contributed by atoms with Crippen LogP contribution in [-0.2, 0) is 17.8 Å². The quantitative estimate of drug-likeness (QED) is 0.279. The lowest BCUT2D eigenvalue weighted by molar-refractivity contribution is -0.120. The molecule has 10 nitrogen and oxygen atoms in total. The van der Waals surface area contributed by atoms with Crippen molar-refractivity contribution in [3.63, 3.8) is 0 Å². The first-order valence-electron chi connectivity index (χ1n) is 8.56. The molecule has 27 heavy (non-hydrogen) atoms. The van der Waals surface area contributed by atoms with Crippen LogP contribution in [0.15, 0.2) is 41.6 Å². The molecule has 144 valence electrons. The molecule has 0 spiro atoms. The minimum absolute atomic E-state index is 0.227. The number of carbonyl (C=O) groups is 1. The monoisotopic (exact) mass is 374 g/mol. The molecule has 1 fully saturated rings. The minimum Gasteiger partial charge on any atom is -0.395 e. The summed E-state index contributed by atoms with van der Waals surface area (Å²) in [4.78, 5) is 11.8. The number of carbonyl (C=O) groups excluding carboxylic acids is 1. The van der Waals surface area contributed by atoms with E-state index in [1.807, 2.05) is 30.3 Å². The number of aromatic nitrogens is 3. The van der Waals surface area contributed by atoms with Crippen molar-refractivity contribution in [3.05, 3.63) is 47.8 Å². The molecule has 1 aliphatic heterocycles. The summed E-state index contributed by atoms with van der Waals surface area (Å²) in [5, 5.41) is 43.6. The van der Waals surface area contributed by atoms with E-state index < -0.39 is 24.3 Å². The lowest BCUT2D eigenvalue weighted by Crippen LogP contribution is -2.38. The van der Waals surface area contributed by atoms with Gasteiger partial charge in [0.05, 0.1) is 56.3 Å². The molecule has 1 amide bonds. The van der Waals surface area contributed by atoms with Crippen LogP contribution < -0.4 is 10.7 Å². The largest absolute Gasteiger partial charge is 0.395 e. The first-order valence-corrected chi connectivity index (χ1v) is 8.56. The molecule has 10 heteroatoms. The normalized spacial score (nSPS) is 25.1. The summed E-state index contributed by atoms with van der Waals surface area (Å²) in [6.45, 7) is -0.0113. The van der Waals surface area contributed by atoms with Gasteiger partial charge in [-0.3, -0.25) is 9.48 Å². The van der Waals surface area contributed by atoms with Crippen LogP contribution in [-0.4, -0.2) is 73.3 Å². The molecule has 1 aromatic carbocycles. The first-order chi connectivity index (χ1) is 13.1. The Morgan fingerprint density at radius 2 is 2.00 bits per heavy atom. The Morgan fingerprint density at radius 3 is 2.70 bits per heavy atom. The van der Waals surface area contributed by atoms with Gasteiger partial charge in [-0.2, -0.15) is 5.10 Å². The molecule has 3 rings (SSSR count). The predicted molar refractivity (Wildman–Crippen MR) is 95.7 cm³/mol. The molecule has 4 atom stereocenters. The van der Waals surface area contributed by atoms with Gasteiger partial charge >= 0.3 is 0 Å². The Hall–Kier alpha value is -2.66. The van der Waals surface area contributed by atoms with Crippen LogP contribution in [0.1, 0.15) is 11.3 Å². The van der Waals surface area contributed by atoms with Gasteiger partial charge in [0, 0.05) is 0 Å². The summed E-state index contributed by atoms with van der Waals surface area (Å²) >= 11 is 0. The average Bonchev–Trinajstić information content (AvgIpc) is 3.22. The highest BCUT2D eigenvalue weighted by atomic mass is 16.3. The summed E-state index contributed by atoms with van der Waals surface area (Å²) in [6.07, 6.45) is 1.14. The zero-order chi connectivity index (χ0) is 19.2. The van der Waals surface area contributed by atoms with Gasteiger partial charge in [0.15, 0.2) is 0 Å². The second kappa shape index (κ2) is 8.82. The second-order valence-corrected chi connectivity index (χ2v) is 6.36. The fourth-order valence-electron chi connectivity index (χ4n) is 2.92. The summed E-state index contributed by atoms with van der Waals surface area (Å²) in [7, 11) is 0. The fourth-order valence-corrected chi connectivity index (χ4v) is 2.92. The number of hydrogen-bond donors (Lipinski definition) is 5. The van der Waals surface area contributed by atoms with Crippen molar-refractivity contribution in [2.75, 3.05) is 6.61 Å². The SMILES string of the molecule is O=C(Cc1ccccc1)N/N=C/c1cn(C[C@H]2N[C@H](CO)[C@@H](O)[C@@H]2O)nn1. The summed E-state index contributed by atoms with van der Waals surface area (Å²) in [5.41, 5.74) is 3.75. The lowest BCUT2D eigenvalue weighted by atomic mass is 10.1. The van der Waals surface area contributed by atoms with E-state index in [0.29, 0.717) is 5.69 Å². The van der Waals surface area contributed by atoms with Crippen molar-refractivity contribution in [1.82, 2.24) is 25.7 Å². The zero-order valence-corrected chi connectivity index (χ0v) is 14.5. The topological polar surface area (TPSA) is 145 Å². The van der Waals surface area contributed by atoms with E-state index in [0.717, 1.165) is 5.56 Å². The molecule has 0 bridgehead atoms. The van der Waals surface area contributed by atoms with Crippen LogP contribution in [0.2, 0.25) is 0 Å². The van der Waals surface area contributed by atoms with Gasteiger partial charge in [0.25, 0.3) is 0 Å². The number of aliphatic hydroxyl groups is 3. The number of hydrazone groups is 1. The number of nitrogens with one attached hydrogen (secondary N) is 2. The second-order valence-electron chi connectivity index (χ2n) is 6.36. The molecule has 0 saturated carbocycles. The molecular weight excluding hydrogens is 352 g/mol. The van der Waals surface area contributed by atoms with Crippen molar-refractivity contribution in [2.24, 2.45) is 5.10 Å². The number of aliphatic hydroxyl groups excluding tert-OH is 3. The van der Waals surface area contributed by atoms with Gasteiger partial charge in [0.2, 0.25) is 5.91 Å². The smallest absolute Gasteiger partial charge is 0.244 e. The predicted octanol–water partition coefficient (Wildman–Crippen LogP) is -1.97. The van der Waals surface area contributed by atoms with E-state index in [1.54, 1.807) is 6.20 Å². The van der Waals surface area contributed by atoms with E-state index in [9.17, 15) is 15.0 Å². The van der Waals surface area contributed by atoms with Gasteiger partial charge in [-0.1, -0.05) is 35.5 Å². The third-order valence-electron chi connectivity index (χ3n) is 4.33. The van der Waals surface area contributed by atoms with Crippen molar-refractivity contribution in [1.29, 1.82) is 0 Å². The molecule has 1 aromatic heterocycles. The molecule has 2 aromatic rings. The molecule has 1 saturated heterocycles. The van der Waals surface area contributed by atoms with Gasteiger partial charge in [-0.15, -0.1) is 5.10 Å². The average molecular weight is 374 g/mol. The molecule has 5 N–H and O–H groups in total. The van der Waals surface area contributed by atoms with Gasteiger partial charge < -0.3 is 20.6 Å². The maximum absolute atomic E-state index is 11.8. The Labute approximate surface area is 155 Å². The highest BCUT2D eigenvalue weighted by Crippen LogP contribution is 2.15. The Kier molecular flexibility index (Phi) is 6.24. The standard InChI is InChI=1S/C17H22N6O4/c24-10-14-17(27)16(26)13(19-14)9-23-8-12(20-22-23)7-18-21-15(25)6-11-4-2-1-3-5-11/h1-5,7-8,13-14,16-17,19,24,26-27H,6,9-10H2,(H,21,25)/b18-7+/t13-,14-,16-,17-/m1/s1. The molecule has 2 heterocycles. The molecule has 0 radical (unpaired) electrons. The van der Waals surface area contributed by atoms with Gasteiger partial charge in [-0.25, -0.2) is 5.43 Å². The van der Waals surface area contributed by atoms with Crippen molar-refractivity contribution >= 4 is 12.1 Å². The van der Waals surface area contributed by atoms with Gasteiger partial charge in [0.1, 0.15) is 5.69 Å². The van der Waals surface area contributed by atoms with Crippen LogP contribution in [0.5, 0.6) is 0 Å². The van der Waals surface area contributed by atoms with E-state index in [-0.39, 0.29) is 25.5 Å². The van der Waals surface area contributed by atoms with Crippen LogP contribution in [0.4, 0.5) is 0 Å². The van der Waals surface area contributed by atoms with E-state index in [4.69, 9.17) is 5.11 Å².